The fraction of sp³-hybridized carbons (Fsp3) is 1.00. The molecule has 0 bridgehead atoms. The average molecular weight is 100 g/mol. The summed E-state index contributed by atoms with van der Waals surface area (Å²) in [6.07, 6.45) is 0. The van der Waals surface area contributed by atoms with Gasteiger partial charge in [-0.15, -0.1) is 0 Å². The Hall–Kier alpha value is 0.452. The molecule has 26 valence electrons. The SMILES string of the molecule is COO.[Cr]. The fourth-order valence-electron chi connectivity index (χ4n) is 0. The molecule has 0 aromatic carbocycles. The maximum Gasteiger partial charge on any atom is 0.0710 e. The van der Waals surface area contributed by atoms with E-state index >= 15 is 0 Å². The van der Waals surface area contributed by atoms with Gasteiger partial charge in [0.1, 0.15) is 0 Å². The van der Waals surface area contributed by atoms with Gasteiger partial charge in [-0.3, -0.25) is 5.26 Å². The van der Waals surface area contributed by atoms with Crippen LogP contribution in [0.2, 0.25) is 0 Å². The van der Waals surface area contributed by atoms with Crippen molar-refractivity contribution in [3.8, 4) is 0 Å². The molecule has 0 saturated carbocycles. The molecule has 0 heterocycles. The minimum Gasteiger partial charge on any atom is -0.252 e. The Labute approximate surface area is 35.4 Å². The van der Waals surface area contributed by atoms with Crippen molar-refractivity contribution in [1.29, 1.82) is 0 Å². The molecule has 0 aliphatic rings. The molecule has 2 nitrogen and oxygen atoms in total. The van der Waals surface area contributed by atoms with Crippen LogP contribution in [-0.2, 0) is 22.2 Å². The van der Waals surface area contributed by atoms with Crippen LogP contribution in [0.5, 0.6) is 0 Å². The molecule has 0 aromatic rings. The van der Waals surface area contributed by atoms with Gasteiger partial charge in [0.15, 0.2) is 0 Å². The van der Waals surface area contributed by atoms with E-state index in [1.54, 1.807) is 0 Å². The molecule has 0 fully saturated rings. The van der Waals surface area contributed by atoms with E-state index in [0.717, 1.165) is 0 Å². The van der Waals surface area contributed by atoms with Crippen LogP contribution in [0.15, 0.2) is 0 Å². The van der Waals surface area contributed by atoms with Crippen LogP contribution < -0.4 is 0 Å². The fourth-order valence-corrected chi connectivity index (χ4v) is 0. The van der Waals surface area contributed by atoms with Gasteiger partial charge in [0, 0.05) is 17.4 Å². The first-order valence-electron chi connectivity index (χ1n) is 0.591. The second-order valence-electron chi connectivity index (χ2n) is 0.183. The first kappa shape index (κ1) is 8.82. The first-order chi connectivity index (χ1) is 1.41. The van der Waals surface area contributed by atoms with Gasteiger partial charge in [0.25, 0.3) is 0 Å². The molecule has 3 heteroatoms. The third-order valence-corrected chi connectivity index (χ3v) is 0. The van der Waals surface area contributed by atoms with Gasteiger partial charge < -0.3 is 0 Å². The Morgan fingerprint density at radius 1 is 1.75 bits per heavy atom. The molecule has 0 radical (unpaired) electrons. The molecule has 0 aromatic heterocycles. The van der Waals surface area contributed by atoms with Crippen LogP contribution in [0.25, 0.3) is 0 Å². The van der Waals surface area contributed by atoms with E-state index < -0.39 is 0 Å². The summed E-state index contributed by atoms with van der Waals surface area (Å²) in [4.78, 5) is 3.25. The van der Waals surface area contributed by atoms with E-state index in [4.69, 9.17) is 5.26 Å². The minimum atomic E-state index is 0. The van der Waals surface area contributed by atoms with Gasteiger partial charge in [-0.05, 0) is 0 Å². The van der Waals surface area contributed by atoms with E-state index in [2.05, 4.69) is 4.89 Å². The van der Waals surface area contributed by atoms with Crippen molar-refractivity contribution in [2.24, 2.45) is 0 Å². The average Bonchev–Trinajstić information content (AvgIpc) is 0.918. The summed E-state index contributed by atoms with van der Waals surface area (Å²) in [5.74, 6) is 0. The van der Waals surface area contributed by atoms with Gasteiger partial charge in [-0.2, -0.15) is 0 Å². The molecule has 0 spiro atoms. The van der Waals surface area contributed by atoms with E-state index in [9.17, 15) is 0 Å². The number of rotatable bonds is 0. The smallest absolute Gasteiger partial charge is 0.0710 e. The summed E-state index contributed by atoms with van der Waals surface area (Å²) >= 11 is 0. The van der Waals surface area contributed by atoms with Crippen molar-refractivity contribution in [3.05, 3.63) is 0 Å². The third kappa shape index (κ3) is 25.3. The van der Waals surface area contributed by atoms with Crippen molar-refractivity contribution < 1.29 is 27.5 Å². The summed E-state index contributed by atoms with van der Waals surface area (Å²) in [5, 5.41) is 7.07. The number of hydrogen-bond acceptors (Lipinski definition) is 2. The predicted octanol–water partition coefficient (Wildman–Crippen LogP) is 0.103. The zero-order valence-corrected chi connectivity index (χ0v) is 3.54. The van der Waals surface area contributed by atoms with E-state index in [0.29, 0.717) is 0 Å². The molecule has 0 unspecified atom stereocenters. The van der Waals surface area contributed by atoms with E-state index in [-0.39, 0.29) is 17.4 Å². The molecule has 0 atom stereocenters. The molecule has 0 aliphatic carbocycles. The van der Waals surface area contributed by atoms with Crippen molar-refractivity contribution in [2.45, 2.75) is 0 Å². The van der Waals surface area contributed by atoms with Crippen molar-refractivity contribution in [2.75, 3.05) is 7.11 Å². The molecular weight excluding hydrogens is 96.0 g/mol. The van der Waals surface area contributed by atoms with Crippen molar-refractivity contribution >= 4 is 0 Å². The second-order valence-corrected chi connectivity index (χ2v) is 0.183. The predicted molar refractivity (Wildman–Crippen MR) is 9.64 cm³/mol. The summed E-state index contributed by atoms with van der Waals surface area (Å²) in [5.41, 5.74) is 0. The van der Waals surface area contributed by atoms with Crippen LogP contribution in [-0.4, -0.2) is 12.4 Å². The minimum absolute atomic E-state index is 0. The Balaban J connectivity index is 0. The Morgan fingerprint density at radius 3 is 1.75 bits per heavy atom. The van der Waals surface area contributed by atoms with Gasteiger partial charge in [0.2, 0.25) is 0 Å². The molecule has 1 N–H and O–H groups in total. The number of hydrogen-bond donors (Lipinski definition) is 1. The standard InChI is InChI=1S/CH4O2.Cr/c1-3-2;/h2H,1H3;. The Morgan fingerprint density at radius 2 is 1.75 bits per heavy atom. The second kappa shape index (κ2) is 9.84. The summed E-state index contributed by atoms with van der Waals surface area (Å²) < 4.78 is 0. The van der Waals surface area contributed by atoms with Crippen LogP contribution >= 0.6 is 0 Å². The zero-order chi connectivity index (χ0) is 2.71. The maximum atomic E-state index is 7.07. The molecule has 4 heavy (non-hydrogen) atoms. The summed E-state index contributed by atoms with van der Waals surface area (Å²) in [6.45, 7) is 0. The van der Waals surface area contributed by atoms with Crippen LogP contribution in [0, 0.1) is 0 Å². The van der Waals surface area contributed by atoms with Gasteiger partial charge in [-0.25, -0.2) is 4.89 Å². The molecular formula is CH4CrO2. The molecule has 0 rings (SSSR count). The van der Waals surface area contributed by atoms with E-state index in [1.807, 2.05) is 0 Å². The zero-order valence-electron chi connectivity index (χ0n) is 2.26. The van der Waals surface area contributed by atoms with E-state index in [1.165, 1.54) is 7.11 Å². The normalized spacial score (nSPS) is 4.50. The summed E-state index contributed by atoms with van der Waals surface area (Å²) in [7, 11) is 1.18. The van der Waals surface area contributed by atoms with Crippen LogP contribution in [0.3, 0.4) is 0 Å². The molecule has 0 saturated heterocycles. The topological polar surface area (TPSA) is 29.5 Å². The summed E-state index contributed by atoms with van der Waals surface area (Å²) in [6, 6.07) is 0. The Kier molecular flexibility index (Phi) is 21.7. The van der Waals surface area contributed by atoms with Gasteiger partial charge in [0.05, 0.1) is 7.11 Å². The Bertz CT molecular complexity index is 6.00. The maximum absolute atomic E-state index is 7.07. The van der Waals surface area contributed by atoms with Gasteiger partial charge >= 0.3 is 0 Å². The monoisotopic (exact) mass is 100.0 g/mol. The quantitative estimate of drug-likeness (QED) is 0.345. The molecule has 0 amide bonds. The third-order valence-electron chi connectivity index (χ3n) is 0. The molecule has 0 aliphatic heterocycles. The van der Waals surface area contributed by atoms with Crippen LogP contribution in [0.4, 0.5) is 0 Å². The van der Waals surface area contributed by atoms with Crippen molar-refractivity contribution in [3.63, 3.8) is 0 Å². The first-order valence-corrected chi connectivity index (χ1v) is 0.591. The van der Waals surface area contributed by atoms with Crippen LogP contribution in [0.1, 0.15) is 0 Å². The van der Waals surface area contributed by atoms with Gasteiger partial charge in [-0.1, -0.05) is 0 Å². The largest absolute Gasteiger partial charge is 0.252 e. The van der Waals surface area contributed by atoms with Crippen molar-refractivity contribution in [1.82, 2.24) is 0 Å².